The lowest BCUT2D eigenvalue weighted by atomic mass is 9.89. The van der Waals surface area contributed by atoms with E-state index < -0.39 is 5.97 Å². The van der Waals surface area contributed by atoms with Crippen LogP contribution in [0.1, 0.15) is 60.1 Å². The second kappa shape index (κ2) is 9.34. The molecular weight excluding hydrogens is 360 g/mol. The normalized spacial score (nSPS) is 14.5. The summed E-state index contributed by atoms with van der Waals surface area (Å²) in [6.07, 6.45) is 6.43. The predicted octanol–water partition coefficient (Wildman–Crippen LogP) is 3.61. The Morgan fingerprint density at radius 1 is 1.29 bits per heavy atom. The zero-order chi connectivity index (χ0) is 19.9. The minimum absolute atomic E-state index is 0.280. The maximum absolute atomic E-state index is 12.4. The van der Waals surface area contributed by atoms with Crippen LogP contribution in [0.5, 0.6) is 0 Å². The van der Waals surface area contributed by atoms with Gasteiger partial charge in [0.05, 0.1) is 12.7 Å². The van der Waals surface area contributed by atoms with Gasteiger partial charge in [-0.2, -0.15) is 4.98 Å². The van der Waals surface area contributed by atoms with E-state index in [1.165, 1.54) is 26.4 Å². The first-order valence-corrected chi connectivity index (χ1v) is 9.60. The number of carbonyl (C=O) groups excluding carboxylic acids is 2. The third kappa shape index (κ3) is 5.09. The topological polar surface area (TPSA) is 97.6 Å². The molecule has 0 unspecified atom stereocenters. The summed E-state index contributed by atoms with van der Waals surface area (Å²) >= 11 is 0. The number of nitrogens with one attached hydrogen (secondary N) is 1. The number of esters is 1. The quantitative estimate of drug-likeness (QED) is 0.762. The first-order valence-electron chi connectivity index (χ1n) is 9.60. The summed E-state index contributed by atoms with van der Waals surface area (Å²) in [7, 11) is 3.01. The molecular formula is C20H26N4O4. The number of urea groups is 1. The van der Waals surface area contributed by atoms with E-state index in [4.69, 9.17) is 9.26 Å². The van der Waals surface area contributed by atoms with Crippen molar-refractivity contribution in [3.05, 3.63) is 41.5 Å². The molecule has 1 heterocycles. The van der Waals surface area contributed by atoms with Crippen LogP contribution in [-0.4, -0.2) is 47.7 Å². The van der Waals surface area contributed by atoms with Gasteiger partial charge in [0.15, 0.2) is 5.82 Å². The van der Waals surface area contributed by atoms with Gasteiger partial charge in [-0.05, 0) is 31.0 Å². The molecule has 8 heteroatoms. The van der Waals surface area contributed by atoms with E-state index in [0.29, 0.717) is 36.0 Å². The molecule has 28 heavy (non-hydrogen) atoms. The van der Waals surface area contributed by atoms with Crippen LogP contribution in [0.4, 0.5) is 10.5 Å². The predicted molar refractivity (Wildman–Crippen MR) is 103 cm³/mol. The Kier molecular flexibility index (Phi) is 6.62. The highest BCUT2D eigenvalue weighted by Crippen LogP contribution is 2.31. The molecule has 1 aromatic heterocycles. The lowest BCUT2D eigenvalue weighted by molar-refractivity contribution is 0.0600. The van der Waals surface area contributed by atoms with E-state index in [1.54, 1.807) is 36.2 Å². The fourth-order valence-electron chi connectivity index (χ4n) is 3.31. The van der Waals surface area contributed by atoms with Gasteiger partial charge in [0, 0.05) is 31.6 Å². The zero-order valence-electron chi connectivity index (χ0n) is 16.3. The Bertz CT molecular complexity index is 814. The number of aromatic nitrogens is 2. The Morgan fingerprint density at radius 3 is 2.82 bits per heavy atom. The Hall–Kier alpha value is -2.90. The van der Waals surface area contributed by atoms with E-state index in [-0.39, 0.29) is 6.03 Å². The fraction of sp³-hybridized carbons (Fsp3) is 0.500. The van der Waals surface area contributed by atoms with Crippen LogP contribution in [0.15, 0.2) is 28.8 Å². The van der Waals surface area contributed by atoms with Crippen LogP contribution in [0, 0.1) is 0 Å². The number of hydrogen-bond donors (Lipinski definition) is 1. The van der Waals surface area contributed by atoms with Gasteiger partial charge in [0.2, 0.25) is 5.89 Å². The molecule has 0 radical (unpaired) electrons. The lowest BCUT2D eigenvalue weighted by Gasteiger charge is -2.17. The van der Waals surface area contributed by atoms with Gasteiger partial charge in [-0.15, -0.1) is 0 Å². The molecule has 2 amide bonds. The van der Waals surface area contributed by atoms with Gasteiger partial charge in [-0.3, -0.25) is 0 Å². The van der Waals surface area contributed by atoms with Crippen LogP contribution in [0.3, 0.4) is 0 Å². The third-order valence-electron chi connectivity index (χ3n) is 4.99. The number of rotatable bonds is 6. The molecule has 2 aromatic rings. The van der Waals surface area contributed by atoms with Crippen molar-refractivity contribution in [2.75, 3.05) is 26.0 Å². The maximum Gasteiger partial charge on any atom is 0.337 e. The molecule has 3 rings (SSSR count). The summed E-state index contributed by atoms with van der Waals surface area (Å²) in [4.78, 5) is 30.0. The standard InChI is InChI=1S/C20H26N4O4/c1-24(20(26)21-16-10-6-9-15(13-16)19(25)27-2)12-11-17-22-18(28-23-17)14-7-4-3-5-8-14/h6,9-10,13-14H,3-5,7-8,11-12H2,1-2H3,(H,21,26). The number of ether oxygens (including phenoxy) is 1. The molecule has 1 fully saturated rings. The summed E-state index contributed by atoms with van der Waals surface area (Å²) in [6, 6.07) is 6.33. The van der Waals surface area contributed by atoms with Crippen molar-refractivity contribution in [2.24, 2.45) is 0 Å². The van der Waals surface area contributed by atoms with E-state index in [2.05, 4.69) is 15.5 Å². The Labute approximate surface area is 164 Å². The number of benzene rings is 1. The highest BCUT2D eigenvalue weighted by atomic mass is 16.5. The van der Waals surface area contributed by atoms with E-state index in [9.17, 15) is 9.59 Å². The smallest absolute Gasteiger partial charge is 0.337 e. The van der Waals surface area contributed by atoms with E-state index in [1.807, 2.05) is 0 Å². The second-order valence-corrected chi connectivity index (χ2v) is 7.06. The highest BCUT2D eigenvalue weighted by Gasteiger charge is 2.21. The van der Waals surface area contributed by atoms with Crippen molar-refractivity contribution in [3.63, 3.8) is 0 Å². The van der Waals surface area contributed by atoms with Crippen molar-refractivity contribution in [1.82, 2.24) is 15.0 Å². The Morgan fingerprint density at radius 2 is 2.07 bits per heavy atom. The Balaban J connectivity index is 1.51. The number of hydrogen-bond acceptors (Lipinski definition) is 6. The first-order chi connectivity index (χ1) is 13.6. The SMILES string of the molecule is COC(=O)c1cccc(NC(=O)N(C)CCc2noc(C3CCCCC3)n2)c1. The average molecular weight is 386 g/mol. The fourth-order valence-corrected chi connectivity index (χ4v) is 3.31. The van der Waals surface area contributed by atoms with Crippen LogP contribution in [-0.2, 0) is 11.2 Å². The molecule has 0 bridgehead atoms. The van der Waals surface area contributed by atoms with E-state index in [0.717, 1.165) is 18.7 Å². The van der Waals surface area contributed by atoms with Crippen LogP contribution < -0.4 is 5.32 Å². The molecule has 0 atom stereocenters. The van der Waals surface area contributed by atoms with Crippen molar-refractivity contribution < 1.29 is 18.8 Å². The number of carbonyl (C=O) groups is 2. The van der Waals surface area contributed by atoms with Crippen LogP contribution in [0.2, 0.25) is 0 Å². The molecule has 0 spiro atoms. The maximum atomic E-state index is 12.4. The molecule has 8 nitrogen and oxygen atoms in total. The molecule has 1 aliphatic carbocycles. The van der Waals surface area contributed by atoms with Crippen LogP contribution >= 0.6 is 0 Å². The average Bonchev–Trinajstić information content (AvgIpc) is 3.21. The molecule has 1 saturated carbocycles. The van der Waals surface area contributed by atoms with E-state index >= 15 is 0 Å². The summed E-state index contributed by atoms with van der Waals surface area (Å²) < 4.78 is 10.1. The van der Waals surface area contributed by atoms with Gasteiger partial charge in [0.25, 0.3) is 0 Å². The molecule has 0 saturated heterocycles. The minimum Gasteiger partial charge on any atom is -0.465 e. The summed E-state index contributed by atoms with van der Waals surface area (Å²) in [5.41, 5.74) is 0.906. The summed E-state index contributed by atoms with van der Waals surface area (Å²) in [5.74, 6) is 1.27. The molecule has 1 aliphatic rings. The summed E-state index contributed by atoms with van der Waals surface area (Å²) in [6.45, 7) is 0.451. The monoisotopic (exact) mass is 386 g/mol. The molecule has 150 valence electrons. The second-order valence-electron chi connectivity index (χ2n) is 7.06. The van der Waals surface area contributed by atoms with Gasteiger partial charge in [-0.1, -0.05) is 30.5 Å². The molecule has 0 aliphatic heterocycles. The van der Waals surface area contributed by atoms with Gasteiger partial charge < -0.3 is 19.5 Å². The van der Waals surface area contributed by atoms with Crippen molar-refractivity contribution >= 4 is 17.7 Å². The third-order valence-corrected chi connectivity index (χ3v) is 4.99. The van der Waals surface area contributed by atoms with Crippen LogP contribution in [0.25, 0.3) is 0 Å². The summed E-state index contributed by atoms with van der Waals surface area (Å²) in [5, 5.41) is 6.82. The first kappa shape index (κ1) is 19.9. The number of anilines is 1. The number of methoxy groups -OCH3 is 1. The number of likely N-dealkylation sites (N-methyl/N-ethyl adjacent to an activating group) is 1. The van der Waals surface area contributed by atoms with Gasteiger partial charge >= 0.3 is 12.0 Å². The highest BCUT2D eigenvalue weighted by molar-refractivity contribution is 5.93. The van der Waals surface area contributed by atoms with Gasteiger partial charge in [-0.25, -0.2) is 9.59 Å². The zero-order valence-corrected chi connectivity index (χ0v) is 16.3. The minimum atomic E-state index is -0.449. The molecule has 1 N–H and O–H groups in total. The van der Waals surface area contributed by atoms with Gasteiger partial charge in [0.1, 0.15) is 0 Å². The van der Waals surface area contributed by atoms with Crippen molar-refractivity contribution in [1.29, 1.82) is 0 Å². The number of amides is 2. The van der Waals surface area contributed by atoms with Crippen molar-refractivity contribution in [2.45, 2.75) is 44.4 Å². The molecule has 1 aromatic carbocycles. The van der Waals surface area contributed by atoms with Crippen molar-refractivity contribution in [3.8, 4) is 0 Å². The largest absolute Gasteiger partial charge is 0.465 e. The lowest BCUT2D eigenvalue weighted by Crippen LogP contribution is -2.33. The number of nitrogens with zero attached hydrogens (tertiary/aromatic N) is 3.